The molecule has 7 aliphatic heterocycles. The molecule has 13 rings (SSSR count). The van der Waals surface area contributed by atoms with Crippen molar-refractivity contribution in [1.82, 2.24) is 19.9 Å². The minimum atomic E-state index is -0.481. The van der Waals surface area contributed by atoms with Gasteiger partial charge in [-0.15, -0.1) is 0 Å². The second-order valence-electron chi connectivity index (χ2n) is 28.0. The van der Waals surface area contributed by atoms with Crippen LogP contribution < -0.4 is 19.7 Å². The van der Waals surface area contributed by atoms with E-state index < -0.39 is 38.2 Å². The van der Waals surface area contributed by atoms with Crippen molar-refractivity contribution in [2.24, 2.45) is 0 Å². The summed E-state index contributed by atoms with van der Waals surface area (Å²) in [6.07, 6.45) is 10.2. The maximum absolute atomic E-state index is 12.5. The molecule has 6 aromatic rings. The summed E-state index contributed by atoms with van der Waals surface area (Å²) in [5.41, 5.74) is 1.70. The van der Waals surface area contributed by atoms with Crippen molar-refractivity contribution in [1.29, 1.82) is 21.0 Å². The minimum absolute atomic E-state index is 0.0642. The van der Waals surface area contributed by atoms with Crippen molar-refractivity contribution >= 4 is 93.3 Å². The van der Waals surface area contributed by atoms with E-state index in [2.05, 4.69) is 70.0 Å². The van der Waals surface area contributed by atoms with Gasteiger partial charge < -0.3 is 66.2 Å². The van der Waals surface area contributed by atoms with Crippen LogP contribution in [-0.2, 0) is 46.9 Å². The highest BCUT2D eigenvalue weighted by molar-refractivity contribution is 9.10. The second kappa shape index (κ2) is 39.9. The molecule has 0 amide bonds. The molecular weight excluding hydrogens is 1540 g/mol. The number of rotatable bonds is 9. The summed E-state index contributed by atoms with van der Waals surface area (Å²) in [6, 6.07) is 32.3. The van der Waals surface area contributed by atoms with Gasteiger partial charge in [0.25, 0.3) is 0 Å². The SMILES string of the molecule is CC1(C)OB(B2OC(C)(C)C(C)(C)O2)OC1(C)C.CC1(C)OB(c2ccc(OC3CCOCC3)c(C#N)c2)OC1(C)C.Clc1ccnc(Cl)n1.N#Cc1cc(-c2ccnc(Cl)n2)ccc1OC1CCOCC1.N#Cc1cc(Br)ccc1F.N#Cc1cc(Br)ccc1OC1CCOCC1.OC1CCOCC1. The van der Waals surface area contributed by atoms with E-state index in [-0.39, 0.29) is 63.0 Å². The maximum Gasteiger partial charge on any atom is 0.494 e. The molecule has 2 aromatic heterocycles. The first-order valence-electron chi connectivity index (χ1n) is 34.5. The zero-order chi connectivity index (χ0) is 76.8. The van der Waals surface area contributed by atoms with Crippen molar-refractivity contribution in [3.05, 3.63) is 150 Å². The number of hydrogen-bond donors (Lipinski definition) is 1. The van der Waals surface area contributed by atoms with Crippen molar-refractivity contribution < 1.29 is 70.6 Å². The number of ether oxygens (including phenoxy) is 7. The summed E-state index contributed by atoms with van der Waals surface area (Å²) in [6.45, 7) is 30.0. The predicted molar refractivity (Wildman–Crippen MR) is 405 cm³/mol. The van der Waals surface area contributed by atoms with E-state index >= 15 is 0 Å². The molecular formula is C74H89B3Br2Cl3FN8O14. The Morgan fingerprint density at radius 2 is 0.800 bits per heavy atom. The molecule has 31 heteroatoms. The van der Waals surface area contributed by atoms with Crippen LogP contribution in [0.25, 0.3) is 11.3 Å². The standard InChI is InChI=1S/C18H24BNO4.C16H14ClN3O2.C12H24B2O4.C12H12BrNO2.C7H3BrFN.C5H10O2.C4H2Cl2N2/c1-17(2)18(3,4)24-19(23-17)14-5-6-16(13(11-14)12-20)22-15-7-9-21-10-8-15;17-16-19-6-3-14(20-16)11-1-2-15(12(9-11)10-18)22-13-4-7-21-8-5-13;1-9(2)10(3,4)16-13(15-9)14-17-11(5,6)12(7,8)18-14;13-10-1-2-12(9(7-10)8-14)16-11-3-5-15-6-4-11;8-6-1-2-7(9)5(3-6)4-10;6-5-1-3-7-4-2-5;5-3-1-2-7-4(6)8-3/h5-6,11,15H,7-10H2,1-4H3;1-3,6,9,13H,4-5,7-8H2;1-8H3;1-2,7,11H,3-6H2;1-3H;5-6H,1-4H2;1-2H. The molecule has 22 nitrogen and oxygen atoms in total. The molecule has 0 unspecified atom stereocenters. The van der Waals surface area contributed by atoms with Crippen molar-refractivity contribution in [2.75, 3.05) is 52.9 Å². The van der Waals surface area contributed by atoms with E-state index in [1.54, 1.807) is 54.7 Å². The zero-order valence-corrected chi connectivity index (χ0v) is 66.6. The van der Waals surface area contributed by atoms with Crippen molar-refractivity contribution in [3.8, 4) is 52.8 Å². The van der Waals surface area contributed by atoms with Crippen molar-refractivity contribution in [2.45, 2.75) is 192 Å². The summed E-state index contributed by atoms with van der Waals surface area (Å²) >= 11 is 23.0. The third kappa shape index (κ3) is 25.8. The summed E-state index contributed by atoms with van der Waals surface area (Å²) in [5, 5.41) is 45.7. The van der Waals surface area contributed by atoms with E-state index in [1.807, 2.05) is 113 Å². The quantitative estimate of drug-likeness (QED) is 0.0799. The molecule has 560 valence electrons. The van der Waals surface area contributed by atoms with E-state index in [4.69, 9.17) is 112 Å². The maximum atomic E-state index is 12.5. The molecule has 7 fully saturated rings. The number of hydrogen-bond acceptors (Lipinski definition) is 22. The third-order valence-electron chi connectivity index (χ3n) is 18.7. The van der Waals surface area contributed by atoms with Gasteiger partial charge in [0.1, 0.15) is 70.8 Å². The van der Waals surface area contributed by atoms with Crippen LogP contribution in [-0.4, -0.2) is 157 Å². The molecule has 7 aliphatic rings. The number of benzene rings is 4. The van der Waals surface area contributed by atoms with E-state index in [9.17, 15) is 14.9 Å². The summed E-state index contributed by atoms with van der Waals surface area (Å²) < 4.78 is 88.7. The zero-order valence-electron chi connectivity index (χ0n) is 61.2. The molecule has 0 radical (unpaired) electrons. The molecule has 0 bridgehead atoms. The molecule has 0 saturated carbocycles. The molecule has 4 aromatic carbocycles. The van der Waals surface area contributed by atoms with Gasteiger partial charge in [0.2, 0.25) is 10.6 Å². The highest BCUT2D eigenvalue weighted by Gasteiger charge is 2.64. The summed E-state index contributed by atoms with van der Waals surface area (Å²) in [5.74, 6) is 1.39. The number of halogens is 6. The average molecular weight is 1630 g/mol. The Kier molecular flexibility index (Phi) is 32.7. The van der Waals surface area contributed by atoms with Gasteiger partial charge in [0.05, 0.1) is 107 Å². The van der Waals surface area contributed by atoms with Gasteiger partial charge in [-0.1, -0.05) is 49.5 Å². The van der Waals surface area contributed by atoms with Crippen LogP contribution in [0.1, 0.15) is 157 Å². The molecule has 0 atom stereocenters. The average Bonchev–Trinajstić information content (AvgIpc) is 1.60. The van der Waals surface area contributed by atoms with Gasteiger partial charge in [-0.05, 0) is 203 Å². The van der Waals surface area contributed by atoms with Crippen LogP contribution in [0.5, 0.6) is 17.2 Å². The van der Waals surface area contributed by atoms with Crippen LogP contribution >= 0.6 is 66.7 Å². The van der Waals surface area contributed by atoms with Gasteiger partial charge in [-0.3, -0.25) is 0 Å². The lowest BCUT2D eigenvalue weighted by Gasteiger charge is -2.32. The number of nitriles is 4. The molecule has 1 N–H and O–H groups in total. The Hall–Kier alpha value is -6.09. The van der Waals surface area contributed by atoms with Crippen LogP contribution in [0.15, 0.2) is 106 Å². The minimum Gasteiger partial charge on any atom is -0.489 e. The Morgan fingerprint density at radius 1 is 0.448 bits per heavy atom. The van der Waals surface area contributed by atoms with Gasteiger partial charge in [-0.2, -0.15) is 21.0 Å². The smallest absolute Gasteiger partial charge is 0.489 e. The normalized spacial score (nSPS) is 19.7. The number of aromatic nitrogens is 4. The van der Waals surface area contributed by atoms with Crippen LogP contribution in [0, 0.1) is 51.1 Å². The fourth-order valence-electron chi connectivity index (χ4n) is 10.4. The topological polar surface area (TPSA) is 287 Å². The second-order valence-corrected chi connectivity index (χ2v) is 30.9. The van der Waals surface area contributed by atoms with E-state index in [0.29, 0.717) is 75.7 Å². The van der Waals surface area contributed by atoms with Crippen LogP contribution in [0.2, 0.25) is 15.7 Å². The highest BCUT2D eigenvalue weighted by atomic mass is 79.9. The van der Waals surface area contributed by atoms with Gasteiger partial charge >= 0.3 is 21.1 Å². The molecule has 105 heavy (non-hydrogen) atoms. The monoisotopic (exact) mass is 1630 g/mol. The Morgan fingerprint density at radius 3 is 1.17 bits per heavy atom. The van der Waals surface area contributed by atoms with Crippen molar-refractivity contribution in [3.63, 3.8) is 0 Å². The summed E-state index contributed by atoms with van der Waals surface area (Å²) in [7, 11) is -1.42. The Bertz CT molecular complexity index is 3900. The largest absolute Gasteiger partial charge is 0.494 e. The van der Waals surface area contributed by atoms with E-state index in [1.165, 1.54) is 18.3 Å². The first-order valence-corrected chi connectivity index (χ1v) is 37.2. The fourth-order valence-corrected chi connectivity index (χ4v) is 11.6. The lowest BCUT2D eigenvalue weighted by molar-refractivity contribution is 0.00578. The van der Waals surface area contributed by atoms with Gasteiger partial charge in [-0.25, -0.2) is 24.3 Å². The first-order chi connectivity index (χ1) is 49.7. The molecule has 7 saturated heterocycles. The lowest BCUT2D eigenvalue weighted by atomic mass is 9.49. The number of aliphatic hydroxyl groups excluding tert-OH is 1. The van der Waals surface area contributed by atoms with Gasteiger partial charge in [0, 0.05) is 78.6 Å². The lowest BCUT2D eigenvalue weighted by Crippen LogP contribution is -2.41. The molecule has 0 spiro atoms. The number of aliphatic hydroxyl groups is 1. The number of nitrogens with zero attached hydrogens (tertiary/aromatic N) is 8. The van der Waals surface area contributed by atoms with Gasteiger partial charge in [0.15, 0.2) is 0 Å². The predicted octanol–water partition coefficient (Wildman–Crippen LogP) is 15.2. The fraction of sp³-hybridized carbons (Fsp3) is 0.514. The highest BCUT2D eigenvalue weighted by Crippen LogP contribution is 2.43. The molecule has 9 heterocycles. The Labute approximate surface area is 648 Å². The summed E-state index contributed by atoms with van der Waals surface area (Å²) in [4.78, 5) is 15.2. The van der Waals surface area contributed by atoms with Crippen LogP contribution in [0.3, 0.4) is 0 Å². The van der Waals surface area contributed by atoms with Crippen LogP contribution in [0.4, 0.5) is 4.39 Å². The first kappa shape index (κ1) is 86.2. The van der Waals surface area contributed by atoms with E-state index in [0.717, 1.165) is 93.3 Å². The molecule has 0 aliphatic carbocycles. The third-order valence-corrected chi connectivity index (χ3v) is 20.3. The Balaban J connectivity index is 0.000000177.